The van der Waals surface area contributed by atoms with Gasteiger partial charge in [0.1, 0.15) is 0 Å². The molecule has 21 heavy (non-hydrogen) atoms. The van der Waals surface area contributed by atoms with Crippen molar-refractivity contribution >= 4 is 5.91 Å². The van der Waals surface area contributed by atoms with Crippen LogP contribution in [0.25, 0.3) is 0 Å². The van der Waals surface area contributed by atoms with Gasteiger partial charge in [-0.3, -0.25) is 4.79 Å². The van der Waals surface area contributed by atoms with Gasteiger partial charge in [0.15, 0.2) is 0 Å². The molecule has 1 amide bonds. The van der Waals surface area contributed by atoms with Crippen LogP contribution in [-0.4, -0.2) is 25.5 Å². The molecular formula is C18H22N2O. The lowest BCUT2D eigenvalue weighted by atomic mass is 9.99. The number of hydrogen-bond donors (Lipinski definition) is 2. The number of carbonyl (C=O) groups excluding carboxylic acids is 1. The molecule has 0 aliphatic heterocycles. The molecule has 0 radical (unpaired) electrons. The summed E-state index contributed by atoms with van der Waals surface area (Å²) in [6.07, 6.45) is 1.82. The van der Waals surface area contributed by atoms with E-state index in [0.717, 1.165) is 12.8 Å². The fourth-order valence-electron chi connectivity index (χ4n) is 2.34. The van der Waals surface area contributed by atoms with Crippen LogP contribution in [0.1, 0.15) is 11.1 Å². The van der Waals surface area contributed by atoms with E-state index < -0.39 is 0 Å². The van der Waals surface area contributed by atoms with E-state index in [0.29, 0.717) is 6.54 Å². The summed E-state index contributed by atoms with van der Waals surface area (Å²) in [6, 6.07) is 21.0. The first-order valence-corrected chi connectivity index (χ1v) is 7.29. The summed E-state index contributed by atoms with van der Waals surface area (Å²) in [5, 5.41) is 6.00. The number of likely N-dealkylation sites (N-methyl/N-ethyl adjacent to an activating group) is 1. The molecule has 0 bridgehead atoms. The Labute approximate surface area is 126 Å². The summed E-state index contributed by atoms with van der Waals surface area (Å²) in [7, 11) is 1.66. The van der Waals surface area contributed by atoms with Crippen molar-refractivity contribution in [2.45, 2.75) is 18.9 Å². The monoisotopic (exact) mass is 282 g/mol. The molecule has 0 saturated heterocycles. The Morgan fingerprint density at radius 1 is 0.905 bits per heavy atom. The molecule has 0 fully saturated rings. The highest BCUT2D eigenvalue weighted by atomic mass is 16.1. The lowest BCUT2D eigenvalue weighted by Crippen LogP contribution is -2.40. The van der Waals surface area contributed by atoms with Crippen LogP contribution in [0.2, 0.25) is 0 Å². The van der Waals surface area contributed by atoms with Gasteiger partial charge in [-0.1, -0.05) is 60.7 Å². The summed E-state index contributed by atoms with van der Waals surface area (Å²) in [4.78, 5) is 11.4. The highest BCUT2D eigenvalue weighted by molar-refractivity contribution is 5.77. The lowest BCUT2D eigenvalue weighted by molar-refractivity contribution is -0.119. The van der Waals surface area contributed by atoms with Gasteiger partial charge in [0, 0.05) is 13.1 Å². The first kappa shape index (κ1) is 15.3. The highest BCUT2D eigenvalue weighted by Crippen LogP contribution is 2.09. The molecule has 0 aromatic heterocycles. The normalized spacial score (nSPS) is 10.6. The van der Waals surface area contributed by atoms with Gasteiger partial charge in [0.2, 0.25) is 5.91 Å². The molecule has 0 atom stereocenters. The molecule has 3 nitrogen and oxygen atoms in total. The minimum absolute atomic E-state index is 0.0149. The van der Waals surface area contributed by atoms with E-state index in [2.05, 4.69) is 34.9 Å². The highest BCUT2D eigenvalue weighted by Gasteiger charge is 2.11. The van der Waals surface area contributed by atoms with Crippen molar-refractivity contribution in [3.8, 4) is 0 Å². The maximum atomic E-state index is 11.4. The van der Waals surface area contributed by atoms with E-state index >= 15 is 0 Å². The SMILES string of the molecule is CNC(=O)CNC(Cc1ccccc1)Cc1ccccc1. The molecule has 0 aliphatic rings. The first-order chi connectivity index (χ1) is 10.3. The number of rotatable bonds is 7. The van der Waals surface area contributed by atoms with Crippen LogP contribution in [0.5, 0.6) is 0 Å². The molecule has 2 aromatic rings. The number of hydrogen-bond acceptors (Lipinski definition) is 2. The van der Waals surface area contributed by atoms with E-state index in [4.69, 9.17) is 0 Å². The molecular weight excluding hydrogens is 260 g/mol. The molecule has 2 aromatic carbocycles. The molecule has 2 N–H and O–H groups in total. The summed E-state index contributed by atoms with van der Waals surface area (Å²) in [5.41, 5.74) is 2.56. The van der Waals surface area contributed by atoms with Crippen molar-refractivity contribution in [3.63, 3.8) is 0 Å². The first-order valence-electron chi connectivity index (χ1n) is 7.29. The van der Waals surface area contributed by atoms with Crippen LogP contribution in [0, 0.1) is 0 Å². The molecule has 0 saturated carbocycles. The van der Waals surface area contributed by atoms with Crippen molar-refractivity contribution in [1.29, 1.82) is 0 Å². The third-order valence-electron chi connectivity index (χ3n) is 3.48. The Balaban J connectivity index is 2.01. The molecule has 0 heterocycles. The fraction of sp³-hybridized carbons (Fsp3) is 0.278. The molecule has 0 spiro atoms. The third kappa shape index (κ3) is 5.40. The average Bonchev–Trinajstić information content (AvgIpc) is 2.54. The van der Waals surface area contributed by atoms with Crippen molar-refractivity contribution in [2.24, 2.45) is 0 Å². The van der Waals surface area contributed by atoms with Crippen molar-refractivity contribution in [2.75, 3.05) is 13.6 Å². The lowest BCUT2D eigenvalue weighted by Gasteiger charge is -2.19. The van der Waals surface area contributed by atoms with Crippen LogP contribution < -0.4 is 10.6 Å². The minimum atomic E-state index is 0.0149. The van der Waals surface area contributed by atoms with E-state index in [1.807, 2.05) is 36.4 Å². The average molecular weight is 282 g/mol. The number of nitrogens with one attached hydrogen (secondary N) is 2. The van der Waals surface area contributed by atoms with Crippen molar-refractivity contribution in [3.05, 3.63) is 71.8 Å². The molecule has 0 aliphatic carbocycles. The van der Waals surface area contributed by atoms with Crippen molar-refractivity contribution < 1.29 is 4.79 Å². The Kier molecular flexibility index (Phi) is 5.98. The third-order valence-corrected chi connectivity index (χ3v) is 3.48. The predicted octanol–water partition coefficient (Wildman–Crippen LogP) is 2.18. The second-order valence-electron chi connectivity index (χ2n) is 5.13. The van der Waals surface area contributed by atoms with Gasteiger partial charge in [0.05, 0.1) is 6.54 Å². The standard InChI is InChI=1S/C18H22N2O/c1-19-18(21)14-20-17(12-15-8-4-2-5-9-15)13-16-10-6-3-7-11-16/h2-11,17,20H,12-14H2,1H3,(H,19,21). The second-order valence-corrected chi connectivity index (χ2v) is 5.13. The Hall–Kier alpha value is -2.13. The predicted molar refractivity (Wildman–Crippen MR) is 86.1 cm³/mol. The van der Waals surface area contributed by atoms with E-state index in [-0.39, 0.29) is 11.9 Å². The van der Waals surface area contributed by atoms with Gasteiger partial charge in [0.25, 0.3) is 0 Å². The van der Waals surface area contributed by atoms with Gasteiger partial charge in [-0.25, -0.2) is 0 Å². The largest absolute Gasteiger partial charge is 0.358 e. The number of benzene rings is 2. The van der Waals surface area contributed by atoms with E-state index in [9.17, 15) is 4.79 Å². The number of carbonyl (C=O) groups is 1. The Morgan fingerprint density at radius 3 is 1.81 bits per heavy atom. The fourth-order valence-corrected chi connectivity index (χ4v) is 2.34. The smallest absolute Gasteiger partial charge is 0.233 e. The minimum Gasteiger partial charge on any atom is -0.358 e. The zero-order chi connectivity index (χ0) is 14.9. The zero-order valence-electron chi connectivity index (χ0n) is 12.4. The Bertz CT molecular complexity index is 498. The maximum Gasteiger partial charge on any atom is 0.233 e. The van der Waals surface area contributed by atoms with Crippen LogP contribution >= 0.6 is 0 Å². The molecule has 110 valence electrons. The quantitative estimate of drug-likeness (QED) is 0.817. The second kappa shape index (κ2) is 8.22. The summed E-state index contributed by atoms with van der Waals surface area (Å²) in [6.45, 7) is 0.348. The number of amides is 1. The van der Waals surface area contributed by atoms with Crippen molar-refractivity contribution in [1.82, 2.24) is 10.6 Å². The molecule has 2 rings (SSSR count). The van der Waals surface area contributed by atoms with Crippen LogP contribution in [0.15, 0.2) is 60.7 Å². The van der Waals surface area contributed by atoms with E-state index in [1.54, 1.807) is 7.05 Å². The van der Waals surface area contributed by atoms with Crippen LogP contribution in [-0.2, 0) is 17.6 Å². The molecule has 3 heteroatoms. The molecule has 0 unspecified atom stereocenters. The van der Waals surface area contributed by atoms with Crippen LogP contribution in [0.3, 0.4) is 0 Å². The van der Waals surface area contributed by atoms with Gasteiger partial charge in [-0.05, 0) is 24.0 Å². The van der Waals surface area contributed by atoms with Gasteiger partial charge in [-0.15, -0.1) is 0 Å². The Morgan fingerprint density at radius 2 is 1.38 bits per heavy atom. The summed E-state index contributed by atoms with van der Waals surface area (Å²) in [5.74, 6) is 0.0149. The summed E-state index contributed by atoms with van der Waals surface area (Å²) < 4.78 is 0. The van der Waals surface area contributed by atoms with Crippen LogP contribution in [0.4, 0.5) is 0 Å². The van der Waals surface area contributed by atoms with E-state index in [1.165, 1.54) is 11.1 Å². The van der Waals surface area contributed by atoms with Gasteiger partial charge < -0.3 is 10.6 Å². The topological polar surface area (TPSA) is 41.1 Å². The van der Waals surface area contributed by atoms with Gasteiger partial charge in [-0.2, -0.15) is 0 Å². The summed E-state index contributed by atoms with van der Waals surface area (Å²) >= 11 is 0. The zero-order valence-corrected chi connectivity index (χ0v) is 12.4. The van der Waals surface area contributed by atoms with Gasteiger partial charge >= 0.3 is 0 Å². The maximum absolute atomic E-state index is 11.4.